The van der Waals surface area contributed by atoms with E-state index >= 15 is 0 Å². The van der Waals surface area contributed by atoms with Gasteiger partial charge in [0.25, 0.3) is 0 Å². The third-order valence-electron chi connectivity index (χ3n) is 2.85. The first-order valence-corrected chi connectivity index (χ1v) is 7.83. The van der Waals surface area contributed by atoms with Gasteiger partial charge in [0.05, 0.1) is 6.10 Å². The van der Waals surface area contributed by atoms with E-state index in [4.69, 9.17) is 4.18 Å². The summed E-state index contributed by atoms with van der Waals surface area (Å²) < 4.78 is 6.24. The van der Waals surface area contributed by atoms with Crippen molar-refractivity contribution < 1.29 is 4.18 Å². The fourth-order valence-corrected chi connectivity index (χ4v) is 2.33. The van der Waals surface area contributed by atoms with Gasteiger partial charge in [0, 0.05) is 4.47 Å². The summed E-state index contributed by atoms with van der Waals surface area (Å²) in [6, 6.07) is 8.14. The summed E-state index contributed by atoms with van der Waals surface area (Å²) in [6.07, 6.45) is 12.9. The molecule has 0 aliphatic rings. The van der Waals surface area contributed by atoms with Crippen molar-refractivity contribution in [3.63, 3.8) is 0 Å². The Morgan fingerprint density at radius 3 is 2.74 bits per heavy atom. The highest BCUT2D eigenvalue weighted by atomic mass is 79.9. The minimum absolute atomic E-state index is 0.0961. The van der Waals surface area contributed by atoms with Crippen molar-refractivity contribution in [2.45, 2.75) is 38.7 Å². The monoisotopic (exact) mass is 340 g/mol. The maximum atomic E-state index is 5.14. The minimum atomic E-state index is 0.0961. The molecule has 0 bridgehead atoms. The lowest BCUT2D eigenvalue weighted by molar-refractivity contribution is 0.282. The van der Waals surface area contributed by atoms with Crippen LogP contribution >= 0.6 is 28.8 Å². The summed E-state index contributed by atoms with van der Waals surface area (Å²) in [5.41, 5.74) is 1.17. The molecule has 0 spiro atoms. The highest BCUT2D eigenvalue weighted by molar-refractivity contribution is 9.10. The standard InChI is InChI=1S/C16H21BrOS/c1-2-3-4-11-15(18-19)12-7-5-9-14-10-6-8-13-16(14)17/h5-10,12-13,15,19H,2-4,11H2,1H3/b9-5+,12-7+/t15-/m1/s1. The molecule has 1 atom stereocenters. The molecule has 0 radical (unpaired) electrons. The normalized spacial score (nSPS) is 13.4. The zero-order chi connectivity index (χ0) is 13.9. The Morgan fingerprint density at radius 2 is 2.05 bits per heavy atom. The molecule has 1 aromatic rings. The fourth-order valence-electron chi connectivity index (χ4n) is 1.74. The van der Waals surface area contributed by atoms with E-state index in [0.717, 1.165) is 10.9 Å². The SMILES string of the molecule is CCCCC[C@H](/C=C/C=C/c1ccccc1Br)OS. The van der Waals surface area contributed by atoms with Crippen molar-refractivity contribution >= 4 is 34.9 Å². The molecular formula is C16H21BrOS. The molecule has 1 aromatic carbocycles. The van der Waals surface area contributed by atoms with E-state index in [9.17, 15) is 0 Å². The predicted molar refractivity (Wildman–Crippen MR) is 90.3 cm³/mol. The molecule has 1 rings (SSSR count). The van der Waals surface area contributed by atoms with Gasteiger partial charge in [0.1, 0.15) is 0 Å². The Balaban J connectivity index is 2.45. The van der Waals surface area contributed by atoms with E-state index < -0.39 is 0 Å². The molecule has 0 heterocycles. The Morgan fingerprint density at radius 1 is 1.26 bits per heavy atom. The van der Waals surface area contributed by atoms with Gasteiger partial charge in [-0.25, -0.2) is 0 Å². The lowest BCUT2D eigenvalue weighted by Gasteiger charge is -2.08. The number of unbranched alkanes of at least 4 members (excludes halogenated alkanes) is 2. The van der Waals surface area contributed by atoms with Crippen molar-refractivity contribution in [1.29, 1.82) is 0 Å². The smallest absolute Gasteiger partial charge is 0.0902 e. The van der Waals surface area contributed by atoms with E-state index in [1.807, 2.05) is 30.4 Å². The van der Waals surface area contributed by atoms with Crippen LogP contribution < -0.4 is 0 Å². The van der Waals surface area contributed by atoms with Crippen LogP contribution in [0.4, 0.5) is 0 Å². The van der Waals surface area contributed by atoms with Gasteiger partial charge in [-0.15, -0.1) is 0 Å². The number of thiol groups is 1. The molecule has 0 aromatic heterocycles. The quantitative estimate of drug-likeness (QED) is 0.271. The Kier molecular flexibility index (Phi) is 8.97. The van der Waals surface area contributed by atoms with Gasteiger partial charge >= 0.3 is 0 Å². The summed E-state index contributed by atoms with van der Waals surface area (Å²) in [7, 11) is 0. The fraction of sp³-hybridized carbons (Fsp3) is 0.375. The lowest BCUT2D eigenvalue weighted by Crippen LogP contribution is -2.03. The van der Waals surface area contributed by atoms with E-state index in [-0.39, 0.29) is 6.10 Å². The van der Waals surface area contributed by atoms with Crippen LogP contribution in [0.1, 0.15) is 38.2 Å². The molecule has 0 fully saturated rings. The zero-order valence-corrected chi connectivity index (χ0v) is 13.7. The molecule has 104 valence electrons. The van der Waals surface area contributed by atoms with Crippen molar-refractivity contribution in [2.75, 3.05) is 0 Å². The third-order valence-corrected chi connectivity index (χ3v) is 3.84. The van der Waals surface area contributed by atoms with E-state index in [1.165, 1.54) is 24.8 Å². The summed E-state index contributed by atoms with van der Waals surface area (Å²) in [6.45, 7) is 2.20. The van der Waals surface area contributed by atoms with Crippen LogP contribution in [0, 0.1) is 0 Å². The second kappa shape index (κ2) is 10.3. The predicted octanol–water partition coefficient (Wildman–Crippen LogP) is 5.83. The second-order valence-corrected chi connectivity index (χ2v) is 5.47. The first-order chi connectivity index (χ1) is 9.27. The largest absolute Gasteiger partial charge is 0.311 e. The van der Waals surface area contributed by atoms with Gasteiger partial charge < -0.3 is 4.18 Å². The first-order valence-electron chi connectivity index (χ1n) is 6.67. The number of hydrogen-bond acceptors (Lipinski definition) is 2. The summed E-state index contributed by atoms with van der Waals surface area (Å²) in [4.78, 5) is 0. The number of hydrogen-bond donors (Lipinski definition) is 1. The average Bonchev–Trinajstić information content (AvgIpc) is 2.43. The Hall–Kier alpha value is -0.510. The van der Waals surface area contributed by atoms with Crippen LogP contribution in [0.3, 0.4) is 0 Å². The number of allylic oxidation sites excluding steroid dienone is 2. The molecule has 0 amide bonds. The zero-order valence-electron chi connectivity index (χ0n) is 11.3. The Labute approximate surface area is 130 Å². The molecule has 3 heteroatoms. The number of rotatable bonds is 8. The van der Waals surface area contributed by atoms with E-state index in [2.05, 4.69) is 54.0 Å². The van der Waals surface area contributed by atoms with Crippen LogP contribution in [-0.4, -0.2) is 6.10 Å². The first kappa shape index (κ1) is 16.5. The summed E-state index contributed by atoms with van der Waals surface area (Å²) in [5, 5.41) is 0. The highest BCUT2D eigenvalue weighted by Gasteiger charge is 2.01. The molecule has 1 nitrogen and oxygen atoms in total. The van der Waals surface area contributed by atoms with Gasteiger partial charge in [-0.05, 0) is 31.0 Å². The van der Waals surface area contributed by atoms with Crippen LogP contribution in [0.2, 0.25) is 0 Å². The molecule has 0 saturated heterocycles. The maximum absolute atomic E-state index is 5.14. The van der Waals surface area contributed by atoms with E-state index in [1.54, 1.807) is 0 Å². The van der Waals surface area contributed by atoms with Gasteiger partial charge in [-0.1, -0.05) is 84.6 Å². The molecule has 0 N–H and O–H groups in total. The molecule has 0 unspecified atom stereocenters. The van der Waals surface area contributed by atoms with Crippen molar-refractivity contribution in [1.82, 2.24) is 0 Å². The van der Waals surface area contributed by atoms with E-state index in [0.29, 0.717) is 0 Å². The highest BCUT2D eigenvalue weighted by Crippen LogP contribution is 2.17. The van der Waals surface area contributed by atoms with Crippen molar-refractivity contribution in [3.8, 4) is 0 Å². The van der Waals surface area contributed by atoms with Crippen molar-refractivity contribution in [3.05, 3.63) is 52.5 Å². The summed E-state index contributed by atoms with van der Waals surface area (Å²) in [5.74, 6) is 0. The van der Waals surface area contributed by atoms with Gasteiger partial charge in [-0.3, -0.25) is 0 Å². The molecule has 0 saturated carbocycles. The van der Waals surface area contributed by atoms with Gasteiger partial charge in [0.15, 0.2) is 0 Å². The number of halogens is 1. The molecule has 0 aliphatic heterocycles. The van der Waals surface area contributed by atoms with Crippen molar-refractivity contribution in [2.24, 2.45) is 0 Å². The average molecular weight is 341 g/mol. The molecule has 19 heavy (non-hydrogen) atoms. The second-order valence-electron chi connectivity index (χ2n) is 4.41. The Bertz CT molecular complexity index is 415. The van der Waals surface area contributed by atoms with Crippen LogP contribution in [0.5, 0.6) is 0 Å². The molecular weight excluding hydrogens is 320 g/mol. The van der Waals surface area contributed by atoms with Crippen LogP contribution in [0.15, 0.2) is 47.0 Å². The molecule has 0 aliphatic carbocycles. The topological polar surface area (TPSA) is 9.23 Å². The lowest BCUT2D eigenvalue weighted by atomic mass is 10.1. The maximum Gasteiger partial charge on any atom is 0.0902 e. The van der Waals surface area contributed by atoms with Gasteiger partial charge in [-0.2, -0.15) is 0 Å². The van der Waals surface area contributed by atoms with Crippen LogP contribution in [-0.2, 0) is 4.18 Å². The van der Waals surface area contributed by atoms with Crippen LogP contribution in [0.25, 0.3) is 6.08 Å². The third kappa shape index (κ3) is 7.00. The van der Waals surface area contributed by atoms with Gasteiger partial charge in [0.2, 0.25) is 0 Å². The number of benzene rings is 1. The summed E-state index contributed by atoms with van der Waals surface area (Å²) >= 11 is 7.44. The minimum Gasteiger partial charge on any atom is -0.311 e.